The van der Waals surface area contributed by atoms with Crippen molar-refractivity contribution in [3.63, 3.8) is 0 Å². The zero-order chi connectivity index (χ0) is 14.5. The number of aromatic nitrogens is 3. The summed E-state index contributed by atoms with van der Waals surface area (Å²) in [6, 6.07) is -0.586. The Morgan fingerprint density at radius 1 is 1.55 bits per heavy atom. The van der Waals surface area contributed by atoms with Gasteiger partial charge in [-0.2, -0.15) is 0 Å². The second kappa shape index (κ2) is 5.99. The standard InChI is InChI=1S/C10H14N6O4/c17-8-3-6(4-12-8)13-10(20)11-1-2-16-5-7(9(18)19)14-15-16/h5-6H,1-4H2,(H,12,17)(H,18,19)(H2,11,13,20). The zero-order valence-corrected chi connectivity index (χ0v) is 10.5. The Morgan fingerprint density at radius 3 is 2.95 bits per heavy atom. The van der Waals surface area contributed by atoms with Gasteiger partial charge >= 0.3 is 12.0 Å². The molecule has 3 amide bonds. The summed E-state index contributed by atoms with van der Waals surface area (Å²) in [4.78, 5) is 33.0. The van der Waals surface area contributed by atoms with E-state index in [-0.39, 0.29) is 36.6 Å². The molecule has 10 nitrogen and oxygen atoms in total. The number of carboxylic acid groups (broad SMARTS) is 1. The molecule has 1 aromatic heterocycles. The highest BCUT2D eigenvalue weighted by atomic mass is 16.4. The van der Waals surface area contributed by atoms with Crippen LogP contribution in [0.4, 0.5) is 4.79 Å². The molecule has 2 heterocycles. The second-order valence-corrected chi connectivity index (χ2v) is 4.28. The van der Waals surface area contributed by atoms with Crippen molar-refractivity contribution in [2.45, 2.75) is 19.0 Å². The first-order valence-electron chi connectivity index (χ1n) is 5.99. The molecule has 1 fully saturated rings. The van der Waals surface area contributed by atoms with Gasteiger partial charge in [-0.15, -0.1) is 5.10 Å². The van der Waals surface area contributed by atoms with Crippen LogP contribution in [0.1, 0.15) is 16.9 Å². The topological polar surface area (TPSA) is 138 Å². The summed E-state index contributed by atoms with van der Waals surface area (Å²) >= 11 is 0. The highest BCUT2D eigenvalue weighted by Crippen LogP contribution is 1.98. The average molecular weight is 282 g/mol. The van der Waals surface area contributed by atoms with Crippen LogP contribution in [0.2, 0.25) is 0 Å². The summed E-state index contributed by atoms with van der Waals surface area (Å²) < 4.78 is 1.32. The van der Waals surface area contributed by atoms with E-state index in [9.17, 15) is 14.4 Å². The lowest BCUT2D eigenvalue weighted by Crippen LogP contribution is -2.43. The van der Waals surface area contributed by atoms with Crippen LogP contribution < -0.4 is 16.0 Å². The van der Waals surface area contributed by atoms with Crippen LogP contribution >= 0.6 is 0 Å². The predicted octanol–water partition coefficient (Wildman–Crippen LogP) is -1.84. The van der Waals surface area contributed by atoms with E-state index in [1.54, 1.807) is 0 Å². The van der Waals surface area contributed by atoms with Crippen LogP contribution in [-0.2, 0) is 11.3 Å². The lowest BCUT2D eigenvalue weighted by molar-refractivity contribution is -0.119. The number of hydrogen-bond donors (Lipinski definition) is 4. The zero-order valence-electron chi connectivity index (χ0n) is 10.5. The van der Waals surface area contributed by atoms with Crippen molar-refractivity contribution in [2.75, 3.05) is 13.1 Å². The van der Waals surface area contributed by atoms with Crippen LogP contribution in [0.15, 0.2) is 6.20 Å². The fraction of sp³-hybridized carbons (Fsp3) is 0.500. The van der Waals surface area contributed by atoms with Gasteiger partial charge in [-0.05, 0) is 0 Å². The van der Waals surface area contributed by atoms with Gasteiger partial charge in [0, 0.05) is 19.5 Å². The molecule has 10 heteroatoms. The Kier molecular flexibility index (Phi) is 4.13. The first-order chi connectivity index (χ1) is 9.54. The van der Waals surface area contributed by atoms with Crippen molar-refractivity contribution < 1.29 is 19.5 Å². The predicted molar refractivity (Wildman–Crippen MR) is 64.9 cm³/mol. The quantitative estimate of drug-likeness (QED) is 0.501. The van der Waals surface area contributed by atoms with Crippen LogP contribution in [0, 0.1) is 0 Å². The lowest BCUT2D eigenvalue weighted by Gasteiger charge is -2.11. The number of aromatic carboxylic acids is 1. The van der Waals surface area contributed by atoms with Crippen molar-refractivity contribution in [3.05, 3.63) is 11.9 Å². The summed E-state index contributed by atoms with van der Waals surface area (Å²) in [5, 5.41) is 23.6. The monoisotopic (exact) mass is 282 g/mol. The van der Waals surface area contributed by atoms with E-state index in [1.165, 1.54) is 10.9 Å². The van der Waals surface area contributed by atoms with Gasteiger partial charge in [-0.3, -0.25) is 4.79 Å². The van der Waals surface area contributed by atoms with Crippen molar-refractivity contribution in [2.24, 2.45) is 0 Å². The molecule has 108 valence electrons. The molecule has 0 aliphatic carbocycles. The van der Waals surface area contributed by atoms with Gasteiger partial charge in [0.2, 0.25) is 5.91 Å². The third-order valence-electron chi connectivity index (χ3n) is 2.70. The first-order valence-corrected chi connectivity index (χ1v) is 5.99. The van der Waals surface area contributed by atoms with Crippen LogP contribution in [0.25, 0.3) is 0 Å². The van der Waals surface area contributed by atoms with Crippen molar-refractivity contribution >= 4 is 17.9 Å². The number of amides is 3. The molecule has 1 unspecified atom stereocenters. The molecule has 1 saturated heterocycles. The largest absolute Gasteiger partial charge is 0.476 e. The van der Waals surface area contributed by atoms with Gasteiger partial charge in [0.05, 0.1) is 18.8 Å². The summed E-state index contributed by atoms with van der Waals surface area (Å²) in [5.74, 6) is -1.24. The van der Waals surface area contributed by atoms with Crippen LogP contribution in [0.5, 0.6) is 0 Å². The van der Waals surface area contributed by atoms with Gasteiger partial charge in [0.15, 0.2) is 5.69 Å². The third-order valence-corrected chi connectivity index (χ3v) is 2.70. The highest BCUT2D eigenvalue weighted by Gasteiger charge is 2.22. The molecule has 0 saturated carbocycles. The number of nitrogens with zero attached hydrogens (tertiary/aromatic N) is 3. The van der Waals surface area contributed by atoms with Gasteiger partial charge < -0.3 is 21.1 Å². The van der Waals surface area contributed by atoms with Gasteiger partial charge in [0.25, 0.3) is 0 Å². The van der Waals surface area contributed by atoms with Crippen molar-refractivity contribution in [3.8, 4) is 0 Å². The molecule has 1 aromatic rings. The fourth-order valence-electron chi connectivity index (χ4n) is 1.73. The number of hydrogen-bond acceptors (Lipinski definition) is 5. The number of urea groups is 1. The fourth-order valence-corrected chi connectivity index (χ4v) is 1.73. The normalized spacial score (nSPS) is 17.6. The molecule has 0 bridgehead atoms. The smallest absolute Gasteiger partial charge is 0.358 e. The molecule has 20 heavy (non-hydrogen) atoms. The Balaban J connectivity index is 1.68. The SMILES string of the molecule is O=C1CC(NC(=O)NCCn2cc(C(=O)O)nn2)CN1. The van der Waals surface area contributed by atoms with E-state index >= 15 is 0 Å². The lowest BCUT2D eigenvalue weighted by atomic mass is 10.3. The minimum absolute atomic E-state index is 0.0842. The minimum atomic E-state index is -1.15. The molecule has 4 N–H and O–H groups in total. The Labute approximate surface area is 113 Å². The number of carbonyl (C=O) groups is 3. The summed E-state index contributed by atoms with van der Waals surface area (Å²) in [6.45, 7) is 0.995. The van der Waals surface area contributed by atoms with E-state index in [0.29, 0.717) is 13.1 Å². The van der Waals surface area contributed by atoms with Gasteiger partial charge in [0.1, 0.15) is 0 Å². The third kappa shape index (κ3) is 3.67. The molecule has 1 aliphatic rings. The highest BCUT2D eigenvalue weighted by molar-refractivity contribution is 5.84. The molecule has 0 spiro atoms. The van der Waals surface area contributed by atoms with Crippen LogP contribution in [0.3, 0.4) is 0 Å². The Morgan fingerprint density at radius 2 is 2.35 bits per heavy atom. The van der Waals surface area contributed by atoms with Crippen molar-refractivity contribution in [1.82, 2.24) is 30.9 Å². The molecular formula is C10H14N6O4. The first kappa shape index (κ1) is 13.8. The average Bonchev–Trinajstić information content (AvgIpc) is 2.99. The molecular weight excluding hydrogens is 268 g/mol. The number of carboxylic acids is 1. The molecule has 0 aromatic carbocycles. The van der Waals surface area contributed by atoms with E-state index in [1.807, 2.05) is 0 Å². The van der Waals surface area contributed by atoms with Crippen LogP contribution in [-0.4, -0.2) is 57.1 Å². The van der Waals surface area contributed by atoms with Gasteiger partial charge in [-0.25, -0.2) is 14.3 Å². The number of nitrogens with one attached hydrogen (secondary N) is 3. The Bertz CT molecular complexity index is 528. The minimum Gasteiger partial charge on any atom is -0.476 e. The maximum Gasteiger partial charge on any atom is 0.358 e. The summed E-state index contributed by atoms with van der Waals surface area (Å²) in [5.41, 5.74) is -0.148. The molecule has 2 rings (SSSR count). The van der Waals surface area contributed by atoms with E-state index in [2.05, 4.69) is 26.3 Å². The maximum absolute atomic E-state index is 11.5. The van der Waals surface area contributed by atoms with E-state index in [4.69, 9.17) is 5.11 Å². The number of carbonyl (C=O) groups excluding carboxylic acids is 2. The maximum atomic E-state index is 11.5. The summed E-state index contributed by atoms with van der Waals surface area (Å²) in [6.07, 6.45) is 1.56. The number of rotatable bonds is 5. The van der Waals surface area contributed by atoms with Crippen molar-refractivity contribution in [1.29, 1.82) is 0 Å². The Hall–Kier alpha value is -2.65. The molecule has 0 radical (unpaired) electrons. The molecule has 1 atom stereocenters. The van der Waals surface area contributed by atoms with E-state index < -0.39 is 5.97 Å². The summed E-state index contributed by atoms with van der Waals surface area (Å²) in [7, 11) is 0. The molecule has 1 aliphatic heterocycles. The second-order valence-electron chi connectivity index (χ2n) is 4.28. The van der Waals surface area contributed by atoms with E-state index in [0.717, 1.165) is 0 Å². The van der Waals surface area contributed by atoms with Gasteiger partial charge in [-0.1, -0.05) is 5.21 Å².